The van der Waals surface area contributed by atoms with Crippen molar-refractivity contribution in [3.8, 4) is 5.75 Å². The predicted molar refractivity (Wildman–Crippen MR) is 127 cm³/mol. The van der Waals surface area contributed by atoms with E-state index in [2.05, 4.69) is 4.98 Å². The Morgan fingerprint density at radius 3 is 2.36 bits per heavy atom. The van der Waals surface area contributed by atoms with Crippen LogP contribution in [0.4, 0.5) is 5.82 Å². The molecule has 7 heteroatoms. The first-order valence-corrected chi connectivity index (χ1v) is 10.9. The van der Waals surface area contributed by atoms with Crippen molar-refractivity contribution in [3.05, 3.63) is 90.1 Å². The van der Waals surface area contributed by atoms with Gasteiger partial charge in [-0.3, -0.25) is 9.59 Å². The molecule has 2 amide bonds. The van der Waals surface area contributed by atoms with E-state index in [-0.39, 0.29) is 24.4 Å². The topological polar surface area (TPSA) is 66.0 Å². The molecule has 1 atom stereocenters. The summed E-state index contributed by atoms with van der Waals surface area (Å²) in [5, 5.41) is 0. The molecule has 1 fully saturated rings. The fourth-order valence-electron chi connectivity index (χ4n) is 3.84. The number of rotatable bonds is 7. The largest absolute Gasteiger partial charge is 0.491 e. The zero-order chi connectivity index (χ0) is 23.2. The van der Waals surface area contributed by atoms with Gasteiger partial charge in [0.25, 0.3) is 5.91 Å². The van der Waals surface area contributed by atoms with Crippen molar-refractivity contribution in [2.24, 2.45) is 0 Å². The molecule has 0 N–H and O–H groups in total. The Hall–Kier alpha value is -3.87. The Kier molecular flexibility index (Phi) is 6.88. The fraction of sp³-hybridized carbons (Fsp3) is 0.269. The average molecular weight is 445 g/mol. The summed E-state index contributed by atoms with van der Waals surface area (Å²) in [6.07, 6.45) is 1.56. The maximum atomic E-state index is 13.2. The Labute approximate surface area is 194 Å². The molecular weight excluding hydrogens is 416 g/mol. The molecular formula is C26H28N4O3. The van der Waals surface area contributed by atoms with Crippen molar-refractivity contribution in [1.29, 1.82) is 0 Å². The molecule has 2 aromatic carbocycles. The van der Waals surface area contributed by atoms with Crippen molar-refractivity contribution in [3.63, 3.8) is 0 Å². The van der Waals surface area contributed by atoms with E-state index in [0.29, 0.717) is 25.3 Å². The smallest absolute Gasteiger partial charge is 0.255 e. The maximum Gasteiger partial charge on any atom is 0.255 e. The first-order chi connectivity index (χ1) is 16.0. The molecule has 0 bridgehead atoms. The van der Waals surface area contributed by atoms with Crippen LogP contribution in [0.25, 0.3) is 0 Å². The van der Waals surface area contributed by atoms with Crippen molar-refractivity contribution in [2.45, 2.75) is 12.6 Å². The number of para-hydroxylation sites is 1. The molecule has 0 radical (unpaired) electrons. The van der Waals surface area contributed by atoms with Gasteiger partial charge in [0, 0.05) is 33.4 Å². The van der Waals surface area contributed by atoms with E-state index in [0.717, 1.165) is 17.1 Å². The summed E-state index contributed by atoms with van der Waals surface area (Å²) in [5.74, 6) is 1.20. The zero-order valence-corrected chi connectivity index (χ0v) is 18.9. The van der Waals surface area contributed by atoms with Crippen LogP contribution in [0.15, 0.2) is 79.0 Å². The molecule has 1 aliphatic heterocycles. The van der Waals surface area contributed by atoms with Gasteiger partial charge in [0.15, 0.2) is 0 Å². The molecule has 33 heavy (non-hydrogen) atoms. The molecule has 0 spiro atoms. The molecule has 1 saturated heterocycles. The highest BCUT2D eigenvalue weighted by atomic mass is 16.5. The number of hydrogen-bond acceptors (Lipinski definition) is 5. The Bertz CT molecular complexity index is 1070. The van der Waals surface area contributed by atoms with Crippen LogP contribution in [-0.4, -0.2) is 66.4 Å². The van der Waals surface area contributed by atoms with Crippen molar-refractivity contribution in [1.82, 2.24) is 14.8 Å². The van der Waals surface area contributed by atoms with Crippen LogP contribution in [0.2, 0.25) is 0 Å². The molecule has 3 aromatic rings. The molecule has 0 aliphatic carbocycles. The van der Waals surface area contributed by atoms with Crippen molar-refractivity contribution in [2.75, 3.05) is 38.7 Å². The second-order valence-electron chi connectivity index (χ2n) is 8.27. The lowest BCUT2D eigenvalue weighted by molar-refractivity contribution is -0.140. The van der Waals surface area contributed by atoms with Gasteiger partial charge in [-0.2, -0.15) is 0 Å². The molecule has 0 unspecified atom stereocenters. The van der Waals surface area contributed by atoms with Crippen LogP contribution in [0.1, 0.15) is 15.9 Å². The zero-order valence-electron chi connectivity index (χ0n) is 18.9. The summed E-state index contributed by atoms with van der Waals surface area (Å²) in [5.41, 5.74) is 1.51. The lowest BCUT2D eigenvalue weighted by Gasteiger charge is -2.41. The molecule has 4 rings (SSSR count). The van der Waals surface area contributed by atoms with Crippen LogP contribution in [0.3, 0.4) is 0 Å². The number of nitrogens with zero attached hydrogens (tertiary/aromatic N) is 4. The number of carbonyl (C=O) groups excluding carboxylic acids is 2. The SMILES string of the molecule is CN(C)c1ccc(C(=O)N2CC(=O)N(Cc3ccccc3)[C@@H](COc3ccccc3)C2)cn1. The van der Waals surface area contributed by atoms with Gasteiger partial charge in [0.1, 0.15) is 24.7 Å². The third-order valence-corrected chi connectivity index (χ3v) is 5.64. The van der Waals surface area contributed by atoms with Gasteiger partial charge >= 0.3 is 0 Å². The summed E-state index contributed by atoms with van der Waals surface area (Å²) in [7, 11) is 3.79. The van der Waals surface area contributed by atoms with Crippen LogP contribution in [0.5, 0.6) is 5.75 Å². The number of carbonyl (C=O) groups is 2. The Morgan fingerprint density at radius 2 is 1.73 bits per heavy atom. The first kappa shape index (κ1) is 22.3. The van der Waals surface area contributed by atoms with Crippen LogP contribution in [0, 0.1) is 0 Å². The fourth-order valence-corrected chi connectivity index (χ4v) is 3.84. The van der Waals surface area contributed by atoms with Gasteiger partial charge in [-0.15, -0.1) is 0 Å². The van der Waals surface area contributed by atoms with E-state index < -0.39 is 0 Å². The van der Waals surface area contributed by atoms with E-state index in [4.69, 9.17) is 4.74 Å². The van der Waals surface area contributed by atoms with Crippen molar-refractivity contribution >= 4 is 17.6 Å². The standard InChI is InChI=1S/C26H28N4O3/c1-28(2)24-14-13-21(15-27-24)26(32)29-17-22(19-33-23-11-7-4-8-12-23)30(25(31)18-29)16-20-9-5-3-6-10-20/h3-15,22H,16-19H2,1-2H3/t22-/m1/s1. The van der Waals surface area contributed by atoms with E-state index in [1.165, 1.54) is 0 Å². The molecule has 0 saturated carbocycles. The predicted octanol–water partition coefficient (Wildman–Crippen LogP) is 3.08. The average Bonchev–Trinajstić information content (AvgIpc) is 2.85. The first-order valence-electron chi connectivity index (χ1n) is 10.9. The molecule has 1 aromatic heterocycles. The van der Waals surface area contributed by atoms with E-state index in [1.807, 2.05) is 84.6 Å². The summed E-state index contributed by atoms with van der Waals surface area (Å²) in [6.45, 7) is 1.19. The molecule has 1 aliphatic rings. The van der Waals surface area contributed by atoms with Crippen LogP contribution >= 0.6 is 0 Å². The quantitative estimate of drug-likeness (QED) is 0.560. The minimum Gasteiger partial charge on any atom is -0.491 e. The Balaban J connectivity index is 1.52. The number of ether oxygens (including phenoxy) is 1. The number of hydrogen-bond donors (Lipinski definition) is 0. The summed E-state index contributed by atoms with van der Waals surface area (Å²) in [4.78, 5) is 36.0. The van der Waals surface area contributed by atoms with Gasteiger partial charge in [-0.1, -0.05) is 48.5 Å². The highest BCUT2D eigenvalue weighted by Gasteiger charge is 2.35. The lowest BCUT2D eigenvalue weighted by Crippen LogP contribution is -2.59. The number of benzene rings is 2. The number of aromatic nitrogens is 1. The summed E-state index contributed by atoms with van der Waals surface area (Å²) in [6, 6.07) is 22.6. The van der Waals surface area contributed by atoms with Gasteiger partial charge in [0.2, 0.25) is 5.91 Å². The number of amides is 2. The third-order valence-electron chi connectivity index (χ3n) is 5.64. The normalized spacial score (nSPS) is 15.9. The van der Waals surface area contributed by atoms with E-state index >= 15 is 0 Å². The number of piperazine rings is 1. The van der Waals surface area contributed by atoms with Crippen molar-refractivity contribution < 1.29 is 14.3 Å². The number of pyridine rings is 1. The lowest BCUT2D eigenvalue weighted by atomic mass is 10.1. The van der Waals surface area contributed by atoms with E-state index in [9.17, 15) is 9.59 Å². The maximum absolute atomic E-state index is 13.2. The van der Waals surface area contributed by atoms with E-state index in [1.54, 1.807) is 23.2 Å². The molecule has 7 nitrogen and oxygen atoms in total. The second-order valence-corrected chi connectivity index (χ2v) is 8.27. The third kappa shape index (κ3) is 5.49. The molecule has 170 valence electrons. The van der Waals surface area contributed by atoms with Gasteiger partial charge in [-0.05, 0) is 29.8 Å². The minimum atomic E-state index is -0.274. The highest BCUT2D eigenvalue weighted by Crippen LogP contribution is 2.20. The van der Waals surface area contributed by atoms with Gasteiger partial charge < -0.3 is 19.4 Å². The van der Waals surface area contributed by atoms with Gasteiger partial charge in [-0.25, -0.2) is 4.98 Å². The van der Waals surface area contributed by atoms with Gasteiger partial charge in [0.05, 0.1) is 11.6 Å². The minimum absolute atomic E-state index is 0.0307. The number of anilines is 1. The summed E-state index contributed by atoms with van der Waals surface area (Å²) < 4.78 is 5.99. The molecule has 2 heterocycles. The second kappa shape index (κ2) is 10.2. The van der Waals surface area contributed by atoms with Crippen LogP contribution in [-0.2, 0) is 11.3 Å². The van der Waals surface area contributed by atoms with Crippen LogP contribution < -0.4 is 9.64 Å². The summed E-state index contributed by atoms with van der Waals surface area (Å²) >= 11 is 0. The Morgan fingerprint density at radius 1 is 1.03 bits per heavy atom. The highest BCUT2D eigenvalue weighted by molar-refractivity contribution is 5.97. The monoisotopic (exact) mass is 444 g/mol.